The van der Waals surface area contributed by atoms with E-state index in [9.17, 15) is 9.90 Å². The number of carbonyl (C=O) groups is 1. The Labute approximate surface area is 152 Å². The van der Waals surface area contributed by atoms with E-state index in [2.05, 4.69) is 0 Å². The first-order valence-electron chi connectivity index (χ1n) is 8.61. The second kappa shape index (κ2) is 6.40. The summed E-state index contributed by atoms with van der Waals surface area (Å²) in [5.74, 6) is -4.22. The van der Waals surface area contributed by atoms with Crippen LogP contribution in [0.2, 0.25) is 0 Å². The zero-order valence-corrected chi connectivity index (χ0v) is 15.4. The van der Waals surface area contributed by atoms with E-state index in [1.54, 1.807) is 39.8 Å². The highest BCUT2D eigenvalue weighted by Crippen LogP contribution is 2.50. The molecule has 0 radical (unpaired) electrons. The van der Waals surface area contributed by atoms with Crippen molar-refractivity contribution in [3.05, 3.63) is 24.3 Å². The lowest BCUT2D eigenvalue weighted by Gasteiger charge is -2.50. The van der Waals surface area contributed by atoms with Crippen LogP contribution in [-0.2, 0) is 28.5 Å². The number of carboxylic acid groups (broad SMARTS) is 1. The molecule has 3 fully saturated rings. The van der Waals surface area contributed by atoms with Gasteiger partial charge in [0.25, 0.3) is 0 Å². The van der Waals surface area contributed by atoms with Gasteiger partial charge in [0.1, 0.15) is 18.8 Å². The van der Waals surface area contributed by atoms with Crippen LogP contribution in [0.4, 0.5) is 0 Å². The van der Waals surface area contributed by atoms with Gasteiger partial charge < -0.3 is 33.9 Å². The molecule has 8 nitrogen and oxygen atoms in total. The molecule has 0 aromatic heterocycles. The molecule has 1 spiro atoms. The summed E-state index contributed by atoms with van der Waals surface area (Å²) in [4.78, 5) is 10.6. The van der Waals surface area contributed by atoms with Gasteiger partial charge in [0.15, 0.2) is 17.2 Å². The highest BCUT2D eigenvalue weighted by atomic mass is 16.9. The van der Waals surface area contributed by atoms with Crippen LogP contribution in [-0.4, -0.2) is 64.6 Å². The van der Waals surface area contributed by atoms with E-state index in [0.717, 1.165) is 6.08 Å². The predicted octanol–water partition coefficient (Wildman–Crippen LogP) is 1.33. The van der Waals surface area contributed by atoms with Crippen molar-refractivity contribution in [1.82, 2.24) is 0 Å². The fraction of sp³-hybridized carbons (Fsp3) is 0.722. The summed E-state index contributed by atoms with van der Waals surface area (Å²) in [5.41, 5.74) is -1.58. The van der Waals surface area contributed by atoms with E-state index < -0.39 is 41.1 Å². The van der Waals surface area contributed by atoms with Gasteiger partial charge in [0, 0.05) is 12.5 Å². The largest absolute Gasteiger partial charge is 0.478 e. The van der Waals surface area contributed by atoms with Gasteiger partial charge in [-0.05, 0) is 27.7 Å². The zero-order valence-electron chi connectivity index (χ0n) is 15.4. The Morgan fingerprint density at radius 3 is 2.46 bits per heavy atom. The Balaban J connectivity index is 1.89. The summed E-state index contributed by atoms with van der Waals surface area (Å²) in [7, 11) is 0. The average molecular weight is 370 g/mol. The van der Waals surface area contributed by atoms with Crippen molar-refractivity contribution >= 4 is 5.97 Å². The maximum Gasteiger partial charge on any atom is 0.328 e. The zero-order chi connectivity index (χ0) is 19.2. The van der Waals surface area contributed by atoms with Gasteiger partial charge in [0.2, 0.25) is 5.79 Å². The molecule has 3 heterocycles. The monoisotopic (exact) mass is 370 g/mol. The van der Waals surface area contributed by atoms with Crippen molar-refractivity contribution in [3.8, 4) is 0 Å². The molecule has 2 N–H and O–H groups in total. The third-order valence-corrected chi connectivity index (χ3v) is 4.73. The minimum absolute atomic E-state index is 0.0440. The van der Waals surface area contributed by atoms with Crippen molar-refractivity contribution in [1.29, 1.82) is 0 Å². The van der Waals surface area contributed by atoms with Gasteiger partial charge in [-0.2, -0.15) is 0 Å². The van der Waals surface area contributed by atoms with E-state index >= 15 is 0 Å². The third-order valence-electron chi connectivity index (χ3n) is 4.73. The second-order valence-electron chi connectivity index (χ2n) is 7.70. The summed E-state index contributed by atoms with van der Waals surface area (Å²) in [6, 6.07) is 0. The molecule has 3 rings (SSSR count). The predicted molar refractivity (Wildman–Crippen MR) is 89.1 cm³/mol. The molecule has 0 aromatic carbocycles. The number of ether oxygens (including phenoxy) is 5. The Bertz CT molecular complexity index is 623. The number of rotatable bonds is 4. The highest BCUT2D eigenvalue weighted by molar-refractivity contribution is 5.80. The lowest BCUT2D eigenvalue weighted by atomic mass is 9.79. The SMILES string of the molecule is CC1(C)O[C@@H]2[C@@H](CO[C@]3(COC(C)(C)O3)[C@@]2(O)C/C=C/C=C/C(=O)O)O1. The fourth-order valence-corrected chi connectivity index (χ4v) is 3.67. The normalized spacial score (nSPS) is 41.3. The van der Waals surface area contributed by atoms with Gasteiger partial charge in [-0.1, -0.05) is 18.2 Å². The van der Waals surface area contributed by atoms with Crippen LogP contribution in [0.1, 0.15) is 34.1 Å². The molecular formula is C18H26O8. The molecule has 0 saturated carbocycles. The second-order valence-corrected chi connectivity index (χ2v) is 7.70. The van der Waals surface area contributed by atoms with E-state index in [4.69, 9.17) is 28.8 Å². The molecular weight excluding hydrogens is 344 g/mol. The van der Waals surface area contributed by atoms with Crippen LogP contribution >= 0.6 is 0 Å². The number of hydrogen-bond acceptors (Lipinski definition) is 7. The minimum atomic E-state index is -1.58. The number of allylic oxidation sites excluding steroid dienone is 2. The minimum Gasteiger partial charge on any atom is -0.478 e. The molecule has 4 atom stereocenters. The molecule has 0 aliphatic carbocycles. The number of aliphatic carboxylic acids is 1. The van der Waals surface area contributed by atoms with Crippen LogP contribution < -0.4 is 0 Å². The molecule has 0 unspecified atom stereocenters. The van der Waals surface area contributed by atoms with E-state index in [-0.39, 0.29) is 19.6 Å². The molecule has 0 aromatic rings. The van der Waals surface area contributed by atoms with Crippen LogP contribution in [0.25, 0.3) is 0 Å². The van der Waals surface area contributed by atoms with Crippen LogP contribution in [0.5, 0.6) is 0 Å². The molecule has 26 heavy (non-hydrogen) atoms. The average Bonchev–Trinajstić information content (AvgIpc) is 3.00. The van der Waals surface area contributed by atoms with E-state index in [1.165, 1.54) is 6.08 Å². The third kappa shape index (κ3) is 3.45. The Kier molecular flexibility index (Phi) is 4.79. The van der Waals surface area contributed by atoms with Crippen molar-refractivity contribution in [2.24, 2.45) is 0 Å². The van der Waals surface area contributed by atoms with Gasteiger partial charge in [-0.15, -0.1) is 0 Å². The summed E-state index contributed by atoms with van der Waals surface area (Å²) in [6.07, 6.45) is 4.56. The van der Waals surface area contributed by atoms with Crippen molar-refractivity contribution < 1.29 is 38.7 Å². The van der Waals surface area contributed by atoms with Gasteiger partial charge in [-0.25, -0.2) is 4.79 Å². The summed E-state index contributed by atoms with van der Waals surface area (Å²) < 4.78 is 29.4. The summed E-state index contributed by atoms with van der Waals surface area (Å²) >= 11 is 0. The van der Waals surface area contributed by atoms with Gasteiger partial charge >= 0.3 is 5.97 Å². The fourth-order valence-electron chi connectivity index (χ4n) is 3.67. The first-order chi connectivity index (χ1) is 12.0. The van der Waals surface area contributed by atoms with Crippen LogP contribution in [0, 0.1) is 0 Å². The van der Waals surface area contributed by atoms with Gasteiger partial charge in [0.05, 0.1) is 6.61 Å². The quantitative estimate of drug-likeness (QED) is 0.564. The molecule has 3 aliphatic rings. The Morgan fingerprint density at radius 2 is 1.85 bits per heavy atom. The van der Waals surface area contributed by atoms with Crippen molar-refractivity contribution in [2.75, 3.05) is 13.2 Å². The lowest BCUT2D eigenvalue weighted by Crippen LogP contribution is -2.70. The number of fused-ring (bicyclic) bond motifs is 1. The summed E-state index contributed by atoms with van der Waals surface area (Å²) in [5, 5.41) is 20.3. The first-order valence-corrected chi connectivity index (χ1v) is 8.61. The molecule has 3 aliphatic heterocycles. The van der Waals surface area contributed by atoms with Gasteiger partial charge in [-0.3, -0.25) is 0 Å². The number of hydrogen-bond donors (Lipinski definition) is 2. The first kappa shape index (κ1) is 19.5. The van der Waals surface area contributed by atoms with E-state index in [1.807, 2.05) is 0 Å². The molecule has 3 saturated heterocycles. The maximum absolute atomic E-state index is 11.6. The van der Waals surface area contributed by atoms with Crippen molar-refractivity contribution in [3.63, 3.8) is 0 Å². The highest BCUT2D eigenvalue weighted by Gasteiger charge is 2.70. The smallest absolute Gasteiger partial charge is 0.328 e. The van der Waals surface area contributed by atoms with Crippen LogP contribution in [0.3, 0.4) is 0 Å². The molecule has 0 bridgehead atoms. The molecule has 146 valence electrons. The Morgan fingerprint density at radius 1 is 1.12 bits per heavy atom. The maximum atomic E-state index is 11.6. The number of carboxylic acids is 1. The molecule has 0 amide bonds. The topological polar surface area (TPSA) is 104 Å². The standard InChI is InChI=1S/C18H26O8/c1-15(2)23-11-18(26-15)17(21,9-7-5-6-8-13(19)20)14-12(10-22-18)24-16(3,4)25-14/h5-8,12,14,21H,9-11H2,1-4H3,(H,19,20)/b7-5+,8-6+/t12-,14-,17-,18+/m1/s1. The molecule has 8 heteroatoms. The Hall–Kier alpha value is -1.29. The summed E-state index contributed by atoms with van der Waals surface area (Å²) in [6.45, 7) is 7.30. The number of aliphatic hydroxyl groups is 1. The van der Waals surface area contributed by atoms with Crippen molar-refractivity contribution in [2.45, 2.75) is 69.3 Å². The lowest BCUT2D eigenvalue weighted by molar-refractivity contribution is -0.365. The van der Waals surface area contributed by atoms with E-state index in [0.29, 0.717) is 0 Å². The van der Waals surface area contributed by atoms with Crippen LogP contribution in [0.15, 0.2) is 24.3 Å².